The molecule has 0 aliphatic heterocycles. The molecule has 0 unspecified atom stereocenters. The molecule has 0 aromatic heterocycles. The van der Waals surface area contributed by atoms with Crippen molar-refractivity contribution >= 4 is 23.4 Å². The standard InChI is InChI=1S/C17H18N2OS/c18-8-3-9-21-16-5-2-1-4-15(16)19-17(20)14-11-12-6-7-13(14)10-12/h1-2,4-7,12-14H,3,9-11H2,(H,19,20)/t12-,13-,14+/m0/s1. The molecular formula is C17H18N2OS. The Kier molecular flexibility index (Phi) is 4.31. The van der Waals surface area contributed by atoms with E-state index < -0.39 is 0 Å². The minimum Gasteiger partial charge on any atom is -0.325 e. The van der Waals surface area contributed by atoms with Crippen LogP contribution < -0.4 is 5.32 Å². The van der Waals surface area contributed by atoms with Crippen molar-refractivity contribution in [3.05, 3.63) is 36.4 Å². The Morgan fingerprint density at radius 2 is 2.19 bits per heavy atom. The number of anilines is 1. The zero-order valence-electron chi connectivity index (χ0n) is 11.8. The van der Waals surface area contributed by atoms with Crippen LogP contribution in [0, 0.1) is 29.1 Å². The molecule has 3 nitrogen and oxygen atoms in total. The van der Waals surface area contributed by atoms with Gasteiger partial charge in [0, 0.05) is 23.0 Å². The number of rotatable bonds is 5. The molecule has 1 saturated carbocycles. The third-order valence-corrected chi connectivity index (χ3v) is 5.31. The third kappa shape index (κ3) is 3.14. The van der Waals surface area contributed by atoms with Gasteiger partial charge in [0.15, 0.2) is 0 Å². The number of hydrogen-bond acceptors (Lipinski definition) is 3. The summed E-state index contributed by atoms with van der Waals surface area (Å²) in [5.74, 6) is 2.04. The van der Waals surface area contributed by atoms with Gasteiger partial charge < -0.3 is 5.32 Å². The Labute approximate surface area is 129 Å². The average molecular weight is 298 g/mol. The Hall–Kier alpha value is -1.73. The molecule has 0 radical (unpaired) electrons. The average Bonchev–Trinajstić information content (AvgIpc) is 3.12. The largest absolute Gasteiger partial charge is 0.325 e. The number of thioether (sulfide) groups is 1. The topological polar surface area (TPSA) is 52.9 Å². The van der Waals surface area contributed by atoms with Crippen molar-refractivity contribution in [3.8, 4) is 6.07 Å². The molecule has 108 valence electrons. The second-order valence-corrected chi connectivity index (χ2v) is 6.77. The summed E-state index contributed by atoms with van der Waals surface area (Å²) in [7, 11) is 0. The third-order valence-electron chi connectivity index (χ3n) is 4.23. The smallest absolute Gasteiger partial charge is 0.228 e. The lowest BCUT2D eigenvalue weighted by Gasteiger charge is -2.18. The summed E-state index contributed by atoms with van der Waals surface area (Å²) < 4.78 is 0. The number of carbonyl (C=O) groups is 1. The molecule has 2 aliphatic rings. The molecule has 21 heavy (non-hydrogen) atoms. The second-order valence-electron chi connectivity index (χ2n) is 5.63. The molecule has 4 heteroatoms. The Bertz CT molecular complexity index is 605. The van der Waals surface area contributed by atoms with Gasteiger partial charge >= 0.3 is 0 Å². The van der Waals surface area contributed by atoms with Crippen LogP contribution in [0.3, 0.4) is 0 Å². The van der Waals surface area contributed by atoms with Crippen LogP contribution in [0.25, 0.3) is 0 Å². The maximum atomic E-state index is 12.5. The van der Waals surface area contributed by atoms with Crippen molar-refractivity contribution in [1.29, 1.82) is 5.26 Å². The maximum Gasteiger partial charge on any atom is 0.228 e. The number of carbonyl (C=O) groups excluding carboxylic acids is 1. The van der Waals surface area contributed by atoms with E-state index in [9.17, 15) is 4.79 Å². The van der Waals surface area contributed by atoms with E-state index in [0.717, 1.165) is 29.2 Å². The lowest BCUT2D eigenvalue weighted by molar-refractivity contribution is -0.120. The summed E-state index contributed by atoms with van der Waals surface area (Å²) in [6, 6.07) is 9.98. The van der Waals surface area contributed by atoms with Crippen LogP contribution >= 0.6 is 11.8 Å². The molecule has 1 aromatic carbocycles. The minimum absolute atomic E-state index is 0.122. The Morgan fingerprint density at radius 3 is 2.90 bits per heavy atom. The molecule has 1 fully saturated rings. The molecule has 0 spiro atoms. The van der Waals surface area contributed by atoms with E-state index in [4.69, 9.17) is 5.26 Å². The van der Waals surface area contributed by atoms with Crippen LogP contribution in [0.15, 0.2) is 41.3 Å². The fourth-order valence-electron chi connectivity index (χ4n) is 3.21. The Morgan fingerprint density at radius 1 is 1.33 bits per heavy atom. The van der Waals surface area contributed by atoms with Crippen LogP contribution in [0.4, 0.5) is 5.69 Å². The second kappa shape index (κ2) is 6.36. The number of hydrogen-bond donors (Lipinski definition) is 1. The quantitative estimate of drug-likeness (QED) is 0.510. The van der Waals surface area contributed by atoms with Gasteiger partial charge in [-0.3, -0.25) is 4.79 Å². The highest BCUT2D eigenvalue weighted by atomic mass is 32.2. The highest BCUT2D eigenvalue weighted by Gasteiger charge is 2.39. The van der Waals surface area contributed by atoms with Crippen molar-refractivity contribution in [2.24, 2.45) is 17.8 Å². The van der Waals surface area contributed by atoms with Gasteiger partial charge in [0.2, 0.25) is 5.91 Å². The molecule has 1 N–H and O–H groups in total. The lowest BCUT2D eigenvalue weighted by Crippen LogP contribution is -2.26. The van der Waals surface area contributed by atoms with Gasteiger partial charge in [-0.05, 0) is 36.8 Å². The van der Waals surface area contributed by atoms with Gasteiger partial charge in [0.25, 0.3) is 0 Å². The molecule has 0 heterocycles. The molecule has 1 aromatic rings. The summed E-state index contributed by atoms with van der Waals surface area (Å²) in [4.78, 5) is 13.5. The number of allylic oxidation sites excluding steroid dienone is 2. The Balaban J connectivity index is 1.66. The number of nitriles is 1. The van der Waals surface area contributed by atoms with E-state index in [0.29, 0.717) is 18.3 Å². The van der Waals surface area contributed by atoms with Gasteiger partial charge in [-0.1, -0.05) is 24.3 Å². The zero-order valence-corrected chi connectivity index (χ0v) is 12.6. The van der Waals surface area contributed by atoms with Crippen LogP contribution in [-0.2, 0) is 4.79 Å². The predicted octanol–water partition coefficient (Wildman–Crippen LogP) is 3.84. The summed E-state index contributed by atoms with van der Waals surface area (Å²) in [5.41, 5.74) is 0.872. The number of benzene rings is 1. The first-order chi connectivity index (χ1) is 10.3. The monoisotopic (exact) mass is 298 g/mol. The van der Waals surface area contributed by atoms with Crippen LogP contribution in [0.1, 0.15) is 19.3 Å². The molecule has 3 atom stereocenters. The van der Waals surface area contributed by atoms with E-state index in [1.54, 1.807) is 11.8 Å². The summed E-state index contributed by atoms with van der Waals surface area (Å²) in [6.07, 6.45) is 7.09. The highest BCUT2D eigenvalue weighted by Crippen LogP contribution is 2.44. The van der Waals surface area contributed by atoms with Crippen LogP contribution in [0.2, 0.25) is 0 Å². The lowest BCUT2D eigenvalue weighted by atomic mass is 9.93. The number of nitrogens with one attached hydrogen (secondary N) is 1. The first-order valence-corrected chi connectivity index (χ1v) is 8.34. The molecule has 1 amide bonds. The van der Waals surface area contributed by atoms with Crippen molar-refractivity contribution < 1.29 is 4.79 Å². The summed E-state index contributed by atoms with van der Waals surface area (Å²) in [5, 5.41) is 11.7. The van der Waals surface area contributed by atoms with Crippen molar-refractivity contribution in [1.82, 2.24) is 0 Å². The summed E-state index contributed by atoms with van der Waals surface area (Å²) >= 11 is 1.62. The molecule has 2 aliphatic carbocycles. The van der Waals surface area contributed by atoms with Gasteiger partial charge in [0.05, 0.1) is 11.8 Å². The van der Waals surface area contributed by atoms with Gasteiger partial charge in [-0.15, -0.1) is 11.8 Å². The summed E-state index contributed by atoms with van der Waals surface area (Å²) in [6.45, 7) is 0. The first kappa shape index (κ1) is 14.2. The highest BCUT2D eigenvalue weighted by molar-refractivity contribution is 7.99. The normalized spacial score (nSPS) is 25.8. The molecular weight excluding hydrogens is 280 g/mol. The van der Waals surface area contributed by atoms with Crippen molar-refractivity contribution in [3.63, 3.8) is 0 Å². The van der Waals surface area contributed by atoms with Crippen molar-refractivity contribution in [2.75, 3.05) is 11.1 Å². The SMILES string of the molecule is N#CCCSc1ccccc1NC(=O)[C@@H]1C[C@H]2C=C[C@H]1C2. The van der Waals surface area contributed by atoms with E-state index in [1.165, 1.54) is 0 Å². The van der Waals surface area contributed by atoms with E-state index in [1.807, 2.05) is 24.3 Å². The van der Waals surface area contributed by atoms with E-state index in [2.05, 4.69) is 23.5 Å². The molecule has 2 bridgehead atoms. The number of nitrogens with zero attached hydrogens (tertiary/aromatic N) is 1. The fourth-order valence-corrected chi connectivity index (χ4v) is 4.07. The molecule has 3 rings (SSSR count). The van der Waals surface area contributed by atoms with Crippen molar-refractivity contribution in [2.45, 2.75) is 24.2 Å². The number of amides is 1. The fraction of sp³-hybridized carbons (Fsp3) is 0.412. The van der Waals surface area contributed by atoms with Gasteiger partial charge in [-0.25, -0.2) is 0 Å². The first-order valence-electron chi connectivity index (χ1n) is 7.36. The van der Waals surface area contributed by atoms with Crippen LogP contribution in [-0.4, -0.2) is 11.7 Å². The predicted molar refractivity (Wildman–Crippen MR) is 84.9 cm³/mol. The van der Waals surface area contributed by atoms with Gasteiger partial charge in [-0.2, -0.15) is 5.26 Å². The zero-order chi connectivity index (χ0) is 14.7. The van der Waals surface area contributed by atoms with Crippen LogP contribution in [0.5, 0.6) is 0 Å². The number of para-hydroxylation sites is 1. The van der Waals surface area contributed by atoms with Gasteiger partial charge in [0.1, 0.15) is 0 Å². The minimum atomic E-state index is 0.122. The van der Waals surface area contributed by atoms with E-state index in [-0.39, 0.29) is 11.8 Å². The molecule has 0 saturated heterocycles. The van der Waals surface area contributed by atoms with E-state index >= 15 is 0 Å². The number of fused-ring (bicyclic) bond motifs is 2. The maximum absolute atomic E-state index is 12.5.